The summed E-state index contributed by atoms with van der Waals surface area (Å²) >= 11 is 0. The Hall–Kier alpha value is -3.04. The molecule has 0 aliphatic heterocycles. The highest BCUT2D eigenvalue weighted by Gasteiger charge is 2.42. The number of esters is 2. The van der Waals surface area contributed by atoms with E-state index in [0.717, 1.165) is 70.6 Å². The van der Waals surface area contributed by atoms with Crippen molar-refractivity contribution in [3.8, 4) is 0 Å². The molecule has 0 spiro atoms. The topological polar surface area (TPSA) is 129 Å². The van der Waals surface area contributed by atoms with Crippen LogP contribution < -0.4 is 10.6 Å². The van der Waals surface area contributed by atoms with Gasteiger partial charge in [0, 0.05) is 24.7 Å². The molecule has 2 N–H and O–H groups in total. The van der Waals surface area contributed by atoms with Crippen molar-refractivity contribution in [2.45, 2.75) is 97.4 Å². The molecule has 0 aromatic rings. The fourth-order valence-corrected chi connectivity index (χ4v) is 7.45. The summed E-state index contributed by atoms with van der Waals surface area (Å²) in [7, 11) is 0. The predicted molar refractivity (Wildman–Crippen MR) is 167 cm³/mol. The number of hydrogen-bond acceptors (Lipinski definition) is 8. The fraction of sp³-hybridized carbons (Fsp3) is 0.765. The molecule has 2 atom stereocenters. The van der Waals surface area contributed by atoms with Crippen LogP contribution in [0.25, 0.3) is 0 Å². The third-order valence-corrected chi connectivity index (χ3v) is 9.51. The first-order valence-electron chi connectivity index (χ1n) is 16.3. The summed E-state index contributed by atoms with van der Waals surface area (Å²) in [4.78, 5) is 47.9. The molecule has 3 rings (SSSR count). The summed E-state index contributed by atoms with van der Waals surface area (Å²) < 4.78 is 21.5. The van der Waals surface area contributed by atoms with Crippen molar-refractivity contribution in [2.24, 2.45) is 34.5 Å². The SMILES string of the molecule is C=CC(=O)OCC1CCC(COC(=O)NCC2(C)CC(NC(=O)OCC3CCC(COC(=O)C=C)CC3)CC(C)(C)C2)CC1. The quantitative estimate of drug-likeness (QED) is 0.144. The second-order valence-corrected chi connectivity index (χ2v) is 14.4. The fourth-order valence-electron chi connectivity index (χ4n) is 7.45. The third-order valence-electron chi connectivity index (χ3n) is 9.51. The van der Waals surface area contributed by atoms with Crippen LogP contribution in [-0.4, -0.2) is 63.1 Å². The molecule has 3 fully saturated rings. The van der Waals surface area contributed by atoms with Crippen LogP contribution >= 0.6 is 0 Å². The van der Waals surface area contributed by atoms with E-state index in [4.69, 9.17) is 18.9 Å². The van der Waals surface area contributed by atoms with Crippen molar-refractivity contribution in [3.63, 3.8) is 0 Å². The van der Waals surface area contributed by atoms with Crippen LogP contribution in [0.3, 0.4) is 0 Å². The minimum atomic E-state index is -0.408. The van der Waals surface area contributed by atoms with Gasteiger partial charge in [0.25, 0.3) is 0 Å². The zero-order valence-corrected chi connectivity index (χ0v) is 27.0. The van der Waals surface area contributed by atoms with Gasteiger partial charge in [-0.2, -0.15) is 0 Å². The lowest BCUT2D eigenvalue weighted by atomic mass is 9.62. The molecule has 0 aromatic heterocycles. The zero-order valence-electron chi connectivity index (χ0n) is 27.0. The van der Waals surface area contributed by atoms with Crippen molar-refractivity contribution >= 4 is 24.1 Å². The van der Waals surface area contributed by atoms with Crippen LogP contribution in [0.2, 0.25) is 0 Å². The third kappa shape index (κ3) is 12.5. The Balaban J connectivity index is 1.34. The van der Waals surface area contributed by atoms with Crippen LogP contribution in [0.1, 0.15) is 91.4 Å². The first-order valence-corrected chi connectivity index (χ1v) is 16.3. The molecule has 0 saturated heterocycles. The minimum Gasteiger partial charge on any atom is -0.462 e. The smallest absolute Gasteiger partial charge is 0.407 e. The lowest BCUT2D eigenvalue weighted by Gasteiger charge is -2.46. The Kier molecular flexibility index (Phi) is 13.6. The predicted octanol–water partition coefficient (Wildman–Crippen LogP) is 6.10. The molecule has 0 heterocycles. The van der Waals surface area contributed by atoms with E-state index in [-0.39, 0.29) is 28.8 Å². The molecular formula is C34H54N2O8. The van der Waals surface area contributed by atoms with E-state index < -0.39 is 12.2 Å². The highest BCUT2D eigenvalue weighted by atomic mass is 16.6. The van der Waals surface area contributed by atoms with Gasteiger partial charge < -0.3 is 29.6 Å². The number of ether oxygens (including phenoxy) is 4. The first kappa shape index (κ1) is 35.4. The molecule has 44 heavy (non-hydrogen) atoms. The first-order chi connectivity index (χ1) is 20.9. The standard InChI is InChI=1S/C34H54N2O8/c1-6-29(37)41-18-24-8-12-26(13-9-24)20-43-31(39)35-23-34(5)17-28(16-33(3,4)22-34)36-32(40)44-21-27-14-10-25(11-15-27)19-42-30(38)7-2/h6-7,24-28H,1-2,8-23H2,3-5H3,(H,35,39)(H,36,40). The Labute approximate surface area is 263 Å². The van der Waals surface area contributed by atoms with Crippen LogP contribution in [-0.2, 0) is 28.5 Å². The van der Waals surface area contributed by atoms with Gasteiger partial charge in [0.15, 0.2) is 0 Å². The zero-order chi connectivity index (χ0) is 32.2. The molecule has 10 heteroatoms. The Bertz CT molecular complexity index is 997. The van der Waals surface area contributed by atoms with E-state index in [9.17, 15) is 19.2 Å². The van der Waals surface area contributed by atoms with Crippen molar-refractivity contribution < 1.29 is 38.1 Å². The summed E-state index contributed by atoms with van der Waals surface area (Å²) in [5.74, 6) is 0.543. The number of carbonyl (C=O) groups excluding carboxylic acids is 4. The average Bonchev–Trinajstić information content (AvgIpc) is 2.99. The highest BCUT2D eigenvalue weighted by molar-refractivity contribution is 5.81. The molecule has 3 aliphatic carbocycles. The van der Waals surface area contributed by atoms with Crippen LogP contribution in [0.5, 0.6) is 0 Å². The lowest BCUT2D eigenvalue weighted by Crippen LogP contribution is -2.50. The van der Waals surface area contributed by atoms with Gasteiger partial charge in [-0.3, -0.25) is 0 Å². The Morgan fingerprint density at radius 1 is 0.659 bits per heavy atom. The van der Waals surface area contributed by atoms with Crippen molar-refractivity contribution in [3.05, 3.63) is 25.3 Å². The van der Waals surface area contributed by atoms with Gasteiger partial charge in [-0.15, -0.1) is 0 Å². The number of nitrogens with one attached hydrogen (secondary N) is 2. The van der Waals surface area contributed by atoms with Crippen LogP contribution in [0.15, 0.2) is 25.3 Å². The van der Waals surface area contributed by atoms with Gasteiger partial charge in [0.2, 0.25) is 0 Å². The van der Waals surface area contributed by atoms with E-state index in [1.54, 1.807) is 0 Å². The highest BCUT2D eigenvalue weighted by Crippen LogP contribution is 2.46. The molecule has 10 nitrogen and oxygen atoms in total. The summed E-state index contributed by atoms with van der Waals surface area (Å²) in [6.45, 7) is 15.5. The molecule has 0 aromatic carbocycles. The maximum atomic E-state index is 12.7. The number of amides is 2. The van der Waals surface area contributed by atoms with Crippen molar-refractivity contribution in [1.29, 1.82) is 0 Å². The van der Waals surface area contributed by atoms with Gasteiger partial charge in [0.1, 0.15) is 0 Å². The maximum Gasteiger partial charge on any atom is 0.407 e. The maximum absolute atomic E-state index is 12.7. The number of hydrogen-bond donors (Lipinski definition) is 2. The second-order valence-electron chi connectivity index (χ2n) is 14.4. The molecule has 3 saturated carbocycles. The largest absolute Gasteiger partial charge is 0.462 e. The summed E-state index contributed by atoms with van der Waals surface area (Å²) in [6, 6.07) is -0.0507. The van der Waals surface area contributed by atoms with Crippen molar-refractivity contribution in [2.75, 3.05) is 33.0 Å². The molecule has 2 unspecified atom stereocenters. The summed E-state index contributed by atoms with van der Waals surface area (Å²) in [5, 5.41) is 6.07. The van der Waals surface area contributed by atoms with Gasteiger partial charge in [-0.05, 0) is 105 Å². The monoisotopic (exact) mass is 618 g/mol. The molecular weight excluding hydrogens is 564 g/mol. The minimum absolute atomic E-state index is 0.0113. The molecule has 2 amide bonds. The average molecular weight is 619 g/mol. The Morgan fingerprint density at radius 3 is 1.50 bits per heavy atom. The number of alkyl carbamates (subject to hydrolysis) is 2. The second kappa shape index (κ2) is 16.9. The van der Waals surface area contributed by atoms with E-state index in [1.165, 1.54) is 12.2 Å². The van der Waals surface area contributed by atoms with E-state index in [0.29, 0.717) is 56.6 Å². The number of rotatable bonds is 13. The van der Waals surface area contributed by atoms with Gasteiger partial charge in [0.05, 0.1) is 26.4 Å². The number of carbonyl (C=O) groups is 4. The molecule has 248 valence electrons. The molecule has 0 bridgehead atoms. The van der Waals surface area contributed by atoms with Crippen LogP contribution in [0.4, 0.5) is 9.59 Å². The molecule has 3 aliphatic rings. The van der Waals surface area contributed by atoms with E-state index >= 15 is 0 Å². The van der Waals surface area contributed by atoms with Gasteiger partial charge in [-0.1, -0.05) is 33.9 Å². The summed E-state index contributed by atoms with van der Waals surface area (Å²) in [6.07, 6.45) is 11.6. The lowest BCUT2D eigenvalue weighted by molar-refractivity contribution is -0.140. The van der Waals surface area contributed by atoms with Crippen LogP contribution in [0, 0.1) is 34.5 Å². The molecule has 0 radical (unpaired) electrons. The van der Waals surface area contributed by atoms with Gasteiger partial charge in [-0.25, -0.2) is 19.2 Å². The summed E-state index contributed by atoms with van der Waals surface area (Å²) in [5.41, 5.74) is -0.213. The Morgan fingerprint density at radius 2 is 1.07 bits per heavy atom. The van der Waals surface area contributed by atoms with E-state index in [1.807, 2.05) is 0 Å². The van der Waals surface area contributed by atoms with Gasteiger partial charge >= 0.3 is 24.1 Å². The van der Waals surface area contributed by atoms with E-state index in [2.05, 4.69) is 44.6 Å². The normalized spacial score (nSPS) is 29.8. The van der Waals surface area contributed by atoms with Crippen molar-refractivity contribution in [1.82, 2.24) is 10.6 Å².